The van der Waals surface area contributed by atoms with Gasteiger partial charge < -0.3 is 0 Å². The number of hydrogen-bond donors (Lipinski definition) is 0. The Kier molecular flexibility index (Phi) is 13.5. The molecule has 1 heterocycles. The first-order chi connectivity index (χ1) is 23.6. The molecule has 48 heavy (non-hydrogen) atoms. The maximum Gasteiger partial charge on any atom is 0.0387 e. The lowest BCUT2D eigenvalue weighted by Crippen LogP contribution is -2.30. The molecule has 0 bridgehead atoms. The Hall–Kier alpha value is -4.72. The molecular weight excluding hydrogens is 597 g/mol. The van der Waals surface area contributed by atoms with Gasteiger partial charge in [0.1, 0.15) is 0 Å². The second-order valence-electron chi connectivity index (χ2n) is 11.1. The highest BCUT2D eigenvalue weighted by atomic mass is 32.1. The predicted molar refractivity (Wildman–Crippen MR) is 218 cm³/mol. The van der Waals surface area contributed by atoms with E-state index < -0.39 is 0 Å². The van der Waals surface area contributed by atoms with Gasteiger partial charge in [0.05, 0.1) is 0 Å². The van der Waals surface area contributed by atoms with Crippen LogP contribution in [0.3, 0.4) is 0 Å². The van der Waals surface area contributed by atoms with Gasteiger partial charge in [-0.1, -0.05) is 168 Å². The van der Waals surface area contributed by atoms with Gasteiger partial charge in [0.2, 0.25) is 0 Å². The average molecular weight is 647 g/mol. The van der Waals surface area contributed by atoms with E-state index in [4.69, 9.17) is 6.58 Å². The van der Waals surface area contributed by atoms with Crippen LogP contribution in [0.5, 0.6) is 0 Å². The first-order valence-electron chi connectivity index (χ1n) is 17.4. The highest BCUT2D eigenvalue weighted by Gasteiger charge is 2.20. The average Bonchev–Trinajstić information content (AvgIpc) is 3.55. The number of rotatable bonds is 6. The Morgan fingerprint density at radius 3 is 1.88 bits per heavy atom. The third-order valence-electron chi connectivity index (χ3n) is 8.58. The summed E-state index contributed by atoms with van der Waals surface area (Å²) in [5.41, 5.74) is 11.2. The van der Waals surface area contributed by atoms with Gasteiger partial charge in [-0.05, 0) is 94.7 Å². The molecule has 1 aromatic heterocycles. The quantitative estimate of drug-likeness (QED) is 0.172. The van der Waals surface area contributed by atoms with Crippen molar-refractivity contribution in [2.24, 2.45) is 0 Å². The molecule has 0 N–H and O–H groups in total. The number of allylic oxidation sites excluding steroid dienone is 9. The summed E-state index contributed by atoms with van der Waals surface area (Å²) in [5, 5.41) is 3.84. The third kappa shape index (κ3) is 7.70. The van der Waals surface area contributed by atoms with Crippen LogP contribution in [-0.2, 0) is 0 Å². The minimum atomic E-state index is 0.798. The molecule has 6 rings (SSSR count). The summed E-state index contributed by atoms with van der Waals surface area (Å²) < 4.78 is 1.32. The van der Waals surface area contributed by atoms with Crippen molar-refractivity contribution in [3.05, 3.63) is 173 Å². The zero-order valence-corrected chi connectivity index (χ0v) is 30.6. The maximum absolute atomic E-state index is 4.77. The van der Waals surface area contributed by atoms with E-state index in [0.29, 0.717) is 0 Å². The van der Waals surface area contributed by atoms with Gasteiger partial charge in [0.25, 0.3) is 0 Å². The van der Waals surface area contributed by atoms with E-state index in [0.717, 1.165) is 18.4 Å². The van der Waals surface area contributed by atoms with Crippen LogP contribution in [0.4, 0.5) is 0 Å². The van der Waals surface area contributed by atoms with Gasteiger partial charge in [-0.25, -0.2) is 0 Å². The van der Waals surface area contributed by atoms with E-state index >= 15 is 0 Å². The molecule has 5 aromatic rings. The lowest BCUT2D eigenvalue weighted by atomic mass is 9.86. The molecule has 0 saturated carbocycles. The third-order valence-corrected chi connectivity index (χ3v) is 9.88. The lowest BCUT2D eigenvalue weighted by Gasteiger charge is -2.18. The number of benzene rings is 4. The zero-order chi connectivity index (χ0) is 34.5. The molecular formula is C47H50S. The van der Waals surface area contributed by atoms with Gasteiger partial charge in [-0.3, -0.25) is 0 Å². The van der Waals surface area contributed by atoms with Crippen molar-refractivity contribution >= 4 is 49.3 Å². The summed E-state index contributed by atoms with van der Waals surface area (Å²) in [6, 6.07) is 37.1. The monoisotopic (exact) mass is 646 g/mol. The molecule has 1 heteroatoms. The summed E-state index contributed by atoms with van der Waals surface area (Å²) in [5.74, 6) is 0. The SMILES string of the molecule is C=C(\C1=c2/cccc/c2=C(\C(=C/C)c2c(/C(C)=C/C)sc3ccccc23)C/C=C\C=C/C1)c1ccccc1-c1ccccc1.CC.CC. The fourth-order valence-corrected chi connectivity index (χ4v) is 7.52. The molecule has 0 unspecified atom stereocenters. The van der Waals surface area contributed by atoms with Crippen LogP contribution in [0.1, 0.15) is 77.3 Å². The summed E-state index contributed by atoms with van der Waals surface area (Å²) in [7, 11) is 0. The van der Waals surface area contributed by atoms with Crippen LogP contribution in [-0.4, -0.2) is 0 Å². The predicted octanol–water partition coefficient (Wildman–Crippen LogP) is 13.1. The summed E-state index contributed by atoms with van der Waals surface area (Å²) >= 11 is 1.89. The van der Waals surface area contributed by atoms with Gasteiger partial charge in [0.15, 0.2) is 0 Å². The first-order valence-corrected chi connectivity index (χ1v) is 18.2. The molecule has 0 saturated heterocycles. The molecule has 1 aliphatic carbocycles. The van der Waals surface area contributed by atoms with Crippen molar-refractivity contribution in [2.75, 3.05) is 0 Å². The van der Waals surface area contributed by atoms with Crippen LogP contribution in [0, 0.1) is 0 Å². The first kappa shape index (κ1) is 36.1. The molecule has 244 valence electrons. The molecule has 0 radical (unpaired) electrons. The van der Waals surface area contributed by atoms with Crippen molar-refractivity contribution in [2.45, 2.75) is 61.3 Å². The van der Waals surface area contributed by atoms with Crippen LogP contribution in [0.2, 0.25) is 0 Å². The Morgan fingerprint density at radius 1 is 0.646 bits per heavy atom. The van der Waals surface area contributed by atoms with E-state index in [2.05, 4.69) is 160 Å². The molecule has 0 aliphatic heterocycles. The highest BCUT2D eigenvalue weighted by Crippen LogP contribution is 2.43. The largest absolute Gasteiger partial charge is 0.135 e. The molecule has 0 spiro atoms. The van der Waals surface area contributed by atoms with Crippen molar-refractivity contribution in [1.82, 2.24) is 0 Å². The van der Waals surface area contributed by atoms with E-state index in [1.165, 1.54) is 69.9 Å². The minimum Gasteiger partial charge on any atom is -0.135 e. The van der Waals surface area contributed by atoms with Gasteiger partial charge in [-0.2, -0.15) is 0 Å². The standard InChI is InChI=1S/C43H38S.2C2H6/c1-5-30(3)43-42(40-28-18-19-29-41(40)44-43)33(6-2)37-25-13-8-7-12-22-35(38-26-16-17-27-39(37)38)31(4)34-23-14-15-24-36(34)32-20-10-9-11-21-32;2*1-2/h5-21,23-24,26-29H,4,22,25H2,1-3H3;2*1-2H3/b12-7-,13-8-,30-5+,33-6+,38-35+,39-37+;;. The fraction of sp³-hybridized carbons (Fsp3) is 0.191. The van der Waals surface area contributed by atoms with Crippen molar-refractivity contribution in [3.8, 4) is 11.1 Å². The maximum atomic E-state index is 4.77. The summed E-state index contributed by atoms with van der Waals surface area (Å²) in [6.45, 7) is 19.3. The number of thiophene rings is 1. The Morgan fingerprint density at radius 2 is 1.21 bits per heavy atom. The lowest BCUT2D eigenvalue weighted by molar-refractivity contribution is 1.31. The molecule has 4 aromatic carbocycles. The van der Waals surface area contributed by atoms with Gasteiger partial charge in [-0.15, -0.1) is 11.3 Å². The Bertz CT molecular complexity index is 2090. The van der Waals surface area contributed by atoms with E-state index in [9.17, 15) is 0 Å². The topological polar surface area (TPSA) is 0 Å². The van der Waals surface area contributed by atoms with E-state index in [1.54, 1.807) is 0 Å². The molecule has 0 amide bonds. The smallest absolute Gasteiger partial charge is 0.0387 e. The summed E-state index contributed by atoms with van der Waals surface area (Å²) in [6.07, 6.45) is 15.1. The molecule has 1 aliphatic rings. The van der Waals surface area contributed by atoms with Crippen LogP contribution < -0.4 is 10.4 Å². The molecule has 0 fully saturated rings. The Labute approximate surface area is 293 Å². The molecule has 0 nitrogen and oxygen atoms in total. The van der Waals surface area contributed by atoms with Crippen molar-refractivity contribution in [1.29, 1.82) is 0 Å². The zero-order valence-electron chi connectivity index (χ0n) is 29.8. The van der Waals surface area contributed by atoms with Crippen LogP contribution >= 0.6 is 11.3 Å². The second kappa shape index (κ2) is 18.0. The van der Waals surface area contributed by atoms with Gasteiger partial charge >= 0.3 is 0 Å². The van der Waals surface area contributed by atoms with Crippen molar-refractivity contribution in [3.63, 3.8) is 0 Å². The number of fused-ring (bicyclic) bond motifs is 2. The van der Waals surface area contributed by atoms with E-state index in [-0.39, 0.29) is 0 Å². The van der Waals surface area contributed by atoms with Gasteiger partial charge in [0, 0.05) is 20.5 Å². The van der Waals surface area contributed by atoms with Crippen LogP contribution in [0.15, 0.2) is 146 Å². The second-order valence-corrected chi connectivity index (χ2v) is 12.2. The van der Waals surface area contributed by atoms with E-state index in [1.807, 2.05) is 39.0 Å². The molecule has 0 atom stereocenters. The normalized spacial score (nSPS) is 16.8. The highest BCUT2D eigenvalue weighted by molar-refractivity contribution is 7.20. The minimum absolute atomic E-state index is 0.798. The van der Waals surface area contributed by atoms with Crippen molar-refractivity contribution < 1.29 is 0 Å². The van der Waals surface area contributed by atoms with Crippen LogP contribution in [0.25, 0.3) is 49.1 Å². The fourth-order valence-electron chi connectivity index (χ4n) is 6.27. The number of hydrogen-bond acceptors (Lipinski definition) is 1. The Balaban J connectivity index is 0.00000125. The summed E-state index contributed by atoms with van der Waals surface area (Å²) in [4.78, 5) is 1.35.